The number of carbonyl (C=O) groups excluding carboxylic acids is 1. The van der Waals surface area contributed by atoms with Crippen LogP contribution in [0.5, 0.6) is 0 Å². The minimum atomic E-state index is -4.55. The van der Waals surface area contributed by atoms with Crippen LogP contribution in [0.25, 0.3) is 0 Å². The largest absolute Gasteiger partial charge is 0.416 e. The first-order valence-corrected chi connectivity index (χ1v) is 11.6. The molecule has 2 aromatic rings. The van der Waals surface area contributed by atoms with Crippen molar-refractivity contribution >= 4 is 49.6 Å². The van der Waals surface area contributed by atoms with E-state index in [-0.39, 0.29) is 26.9 Å². The quantitative estimate of drug-likeness (QED) is 0.681. The van der Waals surface area contributed by atoms with Gasteiger partial charge in [0.05, 0.1) is 20.5 Å². The lowest BCUT2D eigenvalue weighted by molar-refractivity contribution is -0.137. The zero-order valence-electron chi connectivity index (χ0n) is 14.3. The predicted molar refractivity (Wildman–Crippen MR) is 105 cm³/mol. The van der Waals surface area contributed by atoms with E-state index in [9.17, 15) is 26.4 Å². The average Bonchev–Trinajstić information content (AvgIpc) is 2.92. The Morgan fingerprint density at radius 2 is 1.79 bits per heavy atom. The van der Waals surface area contributed by atoms with E-state index in [0.717, 1.165) is 18.2 Å². The molecule has 0 bridgehead atoms. The smallest absolute Gasteiger partial charge is 0.329 e. The predicted octanol–water partition coefficient (Wildman–Crippen LogP) is 4.19. The third-order valence-electron chi connectivity index (χ3n) is 4.27. The molecule has 1 aliphatic rings. The maximum absolute atomic E-state index is 12.9. The van der Waals surface area contributed by atoms with Crippen LogP contribution in [0.3, 0.4) is 0 Å². The van der Waals surface area contributed by atoms with Gasteiger partial charge in [-0.2, -0.15) is 13.2 Å². The van der Waals surface area contributed by atoms with E-state index in [1.54, 1.807) is 0 Å². The summed E-state index contributed by atoms with van der Waals surface area (Å²) in [4.78, 5) is 12.1. The number of carbonyl (C=O) groups is 1. The van der Waals surface area contributed by atoms with Crippen molar-refractivity contribution in [3.8, 4) is 0 Å². The maximum Gasteiger partial charge on any atom is 0.416 e. The Kier molecular flexibility index (Phi) is 6.01. The van der Waals surface area contributed by atoms with E-state index in [1.165, 1.54) is 24.3 Å². The standard InChI is InChI=1S/C17H13Cl2F3N2O3S2/c18-12-5-4-11(8-13(12)19)29(26,27)16-24-15(25)14(28(16)23)7-9-2-1-3-10(6-9)17(20,21)22/h1-6,8,14,16,23H,7H2,(H,24,25). The van der Waals surface area contributed by atoms with Crippen molar-refractivity contribution < 1.29 is 26.4 Å². The van der Waals surface area contributed by atoms with Crippen LogP contribution in [0.2, 0.25) is 10.0 Å². The first-order valence-electron chi connectivity index (χ1n) is 8.00. The Labute approximate surface area is 177 Å². The fourth-order valence-corrected chi connectivity index (χ4v) is 7.26. The number of amides is 1. The molecule has 0 radical (unpaired) electrons. The molecule has 12 heteroatoms. The van der Waals surface area contributed by atoms with Crippen LogP contribution < -0.4 is 5.32 Å². The Morgan fingerprint density at radius 1 is 1.10 bits per heavy atom. The van der Waals surface area contributed by atoms with Gasteiger partial charge in [0, 0.05) is 0 Å². The molecule has 1 heterocycles. The highest BCUT2D eigenvalue weighted by atomic mass is 35.5. The number of hydrogen-bond donors (Lipinski definition) is 2. The molecule has 2 aromatic carbocycles. The number of sulfone groups is 1. The average molecular weight is 485 g/mol. The Hall–Kier alpha value is -1.62. The van der Waals surface area contributed by atoms with Crippen LogP contribution in [-0.4, -0.2) is 24.3 Å². The van der Waals surface area contributed by atoms with Gasteiger partial charge in [0.1, 0.15) is 5.25 Å². The van der Waals surface area contributed by atoms with Gasteiger partial charge in [0.15, 0.2) is 4.71 Å². The minimum Gasteiger partial charge on any atom is -0.329 e. The van der Waals surface area contributed by atoms with E-state index < -0.39 is 48.1 Å². The number of alkyl halides is 3. The van der Waals surface area contributed by atoms with Crippen LogP contribution in [0.1, 0.15) is 11.1 Å². The van der Waals surface area contributed by atoms with Gasteiger partial charge >= 0.3 is 6.18 Å². The van der Waals surface area contributed by atoms with Gasteiger partial charge in [0.25, 0.3) is 0 Å². The summed E-state index contributed by atoms with van der Waals surface area (Å²) in [6, 6.07) is 8.03. The Balaban J connectivity index is 1.87. The van der Waals surface area contributed by atoms with E-state index in [4.69, 9.17) is 28.0 Å². The number of halogens is 5. The molecule has 1 amide bonds. The van der Waals surface area contributed by atoms with Gasteiger partial charge in [-0.1, -0.05) is 52.1 Å². The molecule has 2 N–H and O–H groups in total. The summed E-state index contributed by atoms with van der Waals surface area (Å²) in [5, 5.41) is 1.34. The molecule has 0 saturated carbocycles. The highest BCUT2D eigenvalue weighted by molar-refractivity contribution is 8.07. The van der Waals surface area contributed by atoms with Gasteiger partial charge in [-0.25, -0.2) is 8.42 Å². The van der Waals surface area contributed by atoms with Crippen LogP contribution in [-0.2, 0) is 37.9 Å². The van der Waals surface area contributed by atoms with Gasteiger partial charge in [-0.05, 0) is 36.2 Å². The van der Waals surface area contributed by atoms with Gasteiger partial charge in [-0.15, -0.1) is 0 Å². The van der Waals surface area contributed by atoms with Gasteiger partial charge in [0.2, 0.25) is 15.7 Å². The highest BCUT2D eigenvalue weighted by Crippen LogP contribution is 2.32. The van der Waals surface area contributed by atoms with Crippen molar-refractivity contribution in [3.05, 3.63) is 63.6 Å². The highest BCUT2D eigenvalue weighted by Gasteiger charge is 2.44. The normalized spacial score (nSPS) is 22.5. The molecular formula is C17H13Cl2F3N2O3S2. The second kappa shape index (κ2) is 7.90. The second-order valence-corrected chi connectivity index (χ2v) is 11.2. The second-order valence-electron chi connectivity index (χ2n) is 6.22. The third-order valence-corrected chi connectivity index (χ3v) is 9.55. The van der Waals surface area contributed by atoms with Crippen LogP contribution in [0.4, 0.5) is 13.2 Å². The van der Waals surface area contributed by atoms with E-state index >= 15 is 0 Å². The van der Waals surface area contributed by atoms with Crippen molar-refractivity contribution in [2.45, 2.75) is 27.4 Å². The van der Waals surface area contributed by atoms with Crippen LogP contribution in [0.15, 0.2) is 47.4 Å². The molecular weight excluding hydrogens is 472 g/mol. The number of hydrogen-bond acceptors (Lipinski definition) is 4. The van der Waals surface area contributed by atoms with Crippen LogP contribution >= 0.6 is 23.2 Å². The molecule has 0 aromatic heterocycles. The van der Waals surface area contributed by atoms with Crippen molar-refractivity contribution in [2.24, 2.45) is 0 Å². The summed E-state index contributed by atoms with van der Waals surface area (Å²) >= 11 is 11.6. The third kappa shape index (κ3) is 4.45. The minimum absolute atomic E-state index is 0.00226. The number of nitrogens with one attached hydrogen (secondary N) is 2. The van der Waals surface area contributed by atoms with Gasteiger partial charge < -0.3 is 5.32 Å². The first-order chi connectivity index (χ1) is 13.4. The first kappa shape index (κ1) is 22.1. The molecule has 5 nitrogen and oxygen atoms in total. The van der Waals surface area contributed by atoms with Crippen molar-refractivity contribution in [2.75, 3.05) is 0 Å². The SMILES string of the molecule is N=S1C(Cc2cccc(C(F)(F)F)c2)C(=O)NC1S(=O)(=O)c1ccc(Cl)c(Cl)c1. The van der Waals surface area contributed by atoms with Crippen molar-refractivity contribution in [3.63, 3.8) is 0 Å². The molecule has 3 atom stereocenters. The van der Waals surface area contributed by atoms with E-state index in [0.29, 0.717) is 0 Å². The summed E-state index contributed by atoms with van der Waals surface area (Å²) in [5.41, 5.74) is -0.685. The summed E-state index contributed by atoms with van der Waals surface area (Å²) in [5.74, 6) is -0.700. The number of rotatable bonds is 4. The molecule has 1 fully saturated rings. The molecule has 156 valence electrons. The Morgan fingerprint density at radius 3 is 2.41 bits per heavy atom. The summed E-state index contributed by atoms with van der Waals surface area (Å²) in [7, 11) is -5.89. The Bertz CT molecular complexity index is 1110. The lowest BCUT2D eigenvalue weighted by Gasteiger charge is -2.15. The van der Waals surface area contributed by atoms with Gasteiger partial charge in [-0.3, -0.25) is 9.57 Å². The lowest BCUT2D eigenvalue weighted by atomic mass is 10.1. The molecule has 29 heavy (non-hydrogen) atoms. The molecule has 3 rings (SSSR count). The summed E-state index contributed by atoms with van der Waals surface area (Å²) in [6.45, 7) is 0. The lowest BCUT2D eigenvalue weighted by Crippen LogP contribution is -2.35. The number of benzene rings is 2. The zero-order valence-corrected chi connectivity index (χ0v) is 17.5. The van der Waals surface area contributed by atoms with Crippen LogP contribution in [0, 0.1) is 4.78 Å². The monoisotopic (exact) mass is 484 g/mol. The molecule has 3 unspecified atom stereocenters. The molecule has 0 aliphatic carbocycles. The topological polar surface area (TPSA) is 87.1 Å². The zero-order chi connectivity index (χ0) is 21.6. The molecule has 1 saturated heterocycles. The van der Waals surface area contributed by atoms with E-state index in [2.05, 4.69) is 5.32 Å². The maximum atomic E-state index is 12.9. The summed E-state index contributed by atoms with van der Waals surface area (Å²) < 4.78 is 71.1. The molecule has 0 spiro atoms. The van der Waals surface area contributed by atoms with Crippen molar-refractivity contribution in [1.29, 1.82) is 4.78 Å². The fourth-order valence-electron chi connectivity index (χ4n) is 2.80. The summed E-state index contributed by atoms with van der Waals surface area (Å²) in [6.07, 6.45) is -4.73. The van der Waals surface area contributed by atoms with Crippen molar-refractivity contribution in [1.82, 2.24) is 5.32 Å². The molecule has 1 aliphatic heterocycles. The van der Waals surface area contributed by atoms with E-state index in [1.807, 2.05) is 0 Å². The fraction of sp³-hybridized carbons (Fsp3) is 0.235.